The molecule has 1 atom stereocenters. The molecule has 0 saturated carbocycles. The van der Waals surface area contributed by atoms with Gasteiger partial charge in [0.05, 0.1) is 11.4 Å². The van der Waals surface area contributed by atoms with E-state index in [4.69, 9.17) is 4.74 Å². The van der Waals surface area contributed by atoms with Crippen LogP contribution in [-0.2, 0) is 11.2 Å². The molecule has 74 valence electrons. The fraction of sp³-hybridized carbons (Fsp3) is 0.364. The summed E-state index contributed by atoms with van der Waals surface area (Å²) in [6.45, 7) is 2.34. The molecular weight excluding hydrogens is 244 g/mol. The van der Waals surface area contributed by atoms with Gasteiger partial charge in [-0.1, -0.05) is 28.1 Å². The number of carbonyl (C=O) groups excluding carboxylic acids is 1. The van der Waals surface area contributed by atoms with E-state index in [0.717, 1.165) is 24.3 Å². The number of rotatable bonds is 2. The van der Waals surface area contributed by atoms with Crippen molar-refractivity contribution in [2.24, 2.45) is 0 Å². The molecule has 2 nitrogen and oxygen atoms in total. The summed E-state index contributed by atoms with van der Waals surface area (Å²) in [5.74, 6) is 1.08. The zero-order valence-electron chi connectivity index (χ0n) is 7.92. The maximum atomic E-state index is 11.2. The van der Waals surface area contributed by atoms with Crippen molar-refractivity contribution in [2.75, 3.05) is 6.61 Å². The molecular formula is C11H11BrO2. The van der Waals surface area contributed by atoms with Crippen molar-refractivity contribution in [2.45, 2.75) is 18.2 Å². The standard InChI is InChI=1S/C11H11BrO2/c1-7(13)11(12)9-2-3-10-8(6-9)4-5-14-10/h2-3,6,11H,4-5H2,1H3. The quantitative estimate of drug-likeness (QED) is 0.759. The SMILES string of the molecule is CC(=O)C(Br)c1ccc2c(c1)CCO2. The Labute approximate surface area is 91.4 Å². The molecule has 0 aromatic heterocycles. The topological polar surface area (TPSA) is 26.3 Å². The third-order valence-corrected chi connectivity index (χ3v) is 3.54. The molecule has 0 fully saturated rings. The second kappa shape index (κ2) is 3.73. The average Bonchev–Trinajstić information content (AvgIpc) is 2.62. The number of Topliss-reactive ketones (excluding diaryl/α,β-unsaturated/α-hetero) is 1. The predicted octanol–water partition coefficient (Wildman–Crippen LogP) is 2.65. The summed E-state index contributed by atoms with van der Waals surface area (Å²) in [5, 5.41) is 0. The van der Waals surface area contributed by atoms with Crippen LogP contribution in [0.2, 0.25) is 0 Å². The molecule has 1 aliphatic rings. The highest BCUT2D eigenvalue weighted by molar-refractivity contribution is 9.09. The number of ether oxygens (including phenoxy) is 1. The minimum Gasteiger partial charge on any atom is -0.493 e. The normalized spacial score (nSPS) is 15.9. The first-order valence-electron chi connectivity index (χ1n) is 4.58. The molecule has 0 saturated heterocycles. The first-order valence-corrected chi connectivity index (χ1v) is 5.50. The molecule has 1 aromatic rings. The summed E-state index contributed by atoms with van der Waals surface area (Å²) in [7, 11) is 0. The third-order valence-electron chi connectivity index (χ3n) is 2.36. The summed E-state index contributed by atoms with van der Waals surface area (Å²) in [6, 6.07) is 5.92. The Bertz CT molecular complexity index is 374. The zero-order valence-corrected chi connectivity index (χ0v) is 9.50. The van der Waals surface area contributed by atoms with Crippen LogP contribution < -0.4 is 4.74 Å². The molecule has 0 radical (unpaired) electrons. The summed E-state index contributed by atoms with van der Waals surface area (Å²) in [6.07, 6.45) is 0.945. The number of ketones is 1. The lowest BCUT2D eigenvalue weighted by atomic mass is 10.0. The van der Waals surface area contributed by atoms with Crippen LogP contribution in [0.1, 0.15) is 22.9 Å². The average molecular weight is 255 g/mol. The van der Waals surface area contributed by atoms with E-state index >= 15 is 0 Å². The number of fused-ring (bicyclic) bond motifs is 1. The molecule has 3 heteroatoms. The minimum absolute atomic E-state index is 0.129. The lowest BCUT2D eigenvalue weighted by molar-refractivity contribution is -0.116. The second-order valence-corrected chi connectivity index (χ2v) is 4.35. The van der Waals surface area contributed by atoms with E-state index in [2.05, 4.69) is 15.9 Å². The molecule has 1 aliphatic heterocycles. The van der Waals surface area contributed by atoms with Crippen LogP contribution in [0.3, 0.4) is 0 Å². The largest absolute Gasteiger partial charge is 0.493 e. The number of hydrogen-bond donors (Lipinski definition) is 0. The predicted molar refractivity (Wildman–Crippen MR) is 58.0 cm³/mol. The maximum absolute atomic E-state index is 11.2. The van der Waals surface area contributed by atoms with Crippen molar-refractivity contribution in [3.05, 3.63) is 29.3 Å². The van der Waals surface area contributed by atoms with Crippen LogP contribution in [0.5, 0.6) is 5.75 Å². The van der Waals surface area contributed by atoms with Gasteiger partial charge in [-0.25, -0.2) is 0 Å². The van der Waals surface area contributed by atoms with Crippen LogP contribution in [0.4, 0.5) is 0 Å². The first-order chi connectivity index (χ1) is 6.68. The van der Waals surface area contributed by atoms with Gasteiger partial charge < -0.3 is 4.74 Å². The van der Waals surface area contributed by atoms with Crippen LogP contribution in [0.15, 0.2) is 18.2 Å². The summed E-state index contributed by atoms with van der Waals surface area (Å²) >= 11 is 3.37. The monoisotopic (exact) mass is 254 g/mol. The van der Waals surface area contributed by atoms with Crippen LogP contribution >= 0.6 is 15.9 Å². The molecule has 2 rings (SSSR count). The van der Waals surface area contributed by atoms with Crippen LogP contribution in [0.25, 0.3) is 0 Å². The van der Waals surface area contributed by atoms with Crippen LogP contribution in [0, 0.1) is 0 Å². The van der Waals surface area contributed by atoms with Crippen molar-refractivity contribution in [3.8, 4) is 5.75 Å². The number of halogens is 1. The molecule has 1 aromatic carbocycles. The molecule has 0 bridgehead atoms. The smallest absolute Gasteiger partial charge is 0.147 e. The highest BCUT2D eigenvalue weighted by Gasteiger charge is 2.17. The summed E-state index contributed by atoms with van der Waals surface area (Å²) in [5.41, 5.74) is 2.22. The van der Waals surface area contributed by atoms with Gasteiger partial charge in [-0.05, 0) is 24.1 Å². The molecule has 1 unspecified atom stereocenters. The van der Waals surface area contributed by atoms with Gasteiger partial charge in [0, 0.05) is 6.42 Å². The molecule has 0 amide bonds. The van der Waals surface area contributed by atoms with Gasteiger partial charge >= 0.3 is 0 Å². The van der Waals surface area contributed by atoms with E-state index in [1.54, 1.807) is 6.92 Å². The fourth-order valence-electron chi connectivity index (χ4n) is 1.60. The van der Waals surface area contributed by atoms with E-state index in [0.29, 0.717) is 0 Å². The van der Waals surface area contributed by atoms with Gasteiger partial charge in [0.1, 0.15) is 11.5 Å². The Morgan fingerprint density at radius 1 is 1.57 bits per heavy atom. The van der Waals surface area contributed by atoms with E-state index < -0.39 is 0 Å². The first kappa shape index (κ1) is 9.71. The lowest BCUT2D eigenvalue weighted by Gasteiger charge is -2.07. The van der Waals surface area contributed by atoms with Crippen molar-refractivity contribution in [3.63, 3.8) is 0 Å². The van der Waals surface area contributed by atoms with Gasteiger partial charge in [0.25, 0.3) is 0 Å². The van der Waals surface area contributed by atoms with Crippen molar-refractivity contribution in [1.29, 1.82) is 0 Å². The number of carbonyl (C=O) groups is 1. The second-order valence-electron chi connectivity index (χ2n) is 3.44. The Balaban J connectivity index is 2.33. The van der Waals surface area contributed by atoms with E-state index in [1.807, 2.05) is 18.2 Å². The van der Waals surface area contributed by atoms with Crippen molar-refractivity contribution < 1.29 is 9.53 Å². The van der Waals surface area contributed by atoms with Gasteiger partial charge in [-0.3, -0.25) is 4.79 Å². The summed E-state index contributed by atoms with van der Waals surface area (Å²) in [4.78, 5) is 11.0. The number of alkyl halides is 1. The zero-order chi connectivity index (χ0) is 10.1. The van der Waals surface area contributed by atoms with Crippen LogP contribution in [-0.4, -0.2) is 12.4 Å². The number of hydrogen-bond acceptors (Lipinski definition) is 2. The van der Waals surface area contributed by atoms with Crippen molar-refractivity contribution in [1.82, 2.24) is 0 Å². The van der Waals surface area contributed by atoms with Gasteiger partial charge in [-0.15, -0.1) is 0 Å². The molecule has 0 aliphatic carbocycles. The van der Waals surface area contributed by atoms with Crippen molar-refractivity contribution >= 4 is 21.7 Å². The molecule has 0 spiro atoms. The van der Waals surface area contributed by atoms with E-state index in [1.165, 1.54) is 5.56 Å². The van der Waals surface area contributed by atoms with E-state index in [-0.39, 0.29) is 10.6 Å². The third kappa shape index (κ3) is 1.69. The Kier molecular flexibility index (Phi) is 2.59. The summed E-state index contributed by atoms with van der Waals surface area (Å²) < 4.78 is 5.39. The Morgan fingerprint density at radius 2 is 2.36 bits per heavy atom. The fourth-order valence-corrected chi connectivity index (χ4v) is 1.88. The van der Waals surface area contributed by atoms with Gasteiger partial charge in [0.15, 0.2) is 0 Å². The maximum Gasteiger partial charge on any atom is 0.147 e. The molecule has 14 heavy (non-hydrogen) atoms. The highest BCUT2D eigenvalue weighted by Crippen LogP contribution is 2.31. The number of benzene rings is 1. The highest BCUT2D eigenvalue weighted by atomic mass is 79.9. The Morgan fingerprint density at radius 3 is 3.07 bits per heavy atom. The lowest BCUT2D eigenvalue weighted by Crippen LogP contribution is -2.01. The molecule has 1 heterocycles. The molecule has 0 N–H and O–H groups in total. The van der Waals surface area contributed by atoms with Gasteiger partial charge in [0.2, 0.25) is 0 Å². The minimum atomic E-state index is -0.187. The van der Waals surface area contributed by atoms with Gasteiger partial charge in [-0.2, -0.15) is 0 Å². The Hall–Kier alpha value is -0.830. The van der Waals surface area contributed by atoms with E-state index in [9.17, 15) is 4.79 Å².